The summed E-state index contributed by atoms with van der Waals surface area (Å²) in [6, 6.07) is 74.8. The van der Waals surface area contributed by atoms with Crippen molar-refractivity contribution in [2.45, 2.75) is 19.3 Å². The summed E-state index contributed by atoms with van der Waals surface area (Å²) < 4.78 is 4.70. The Hall–Kier alpha value is -8.08. The number of rotatable bonds is 5. The molecule has 0 atom stereocenters. The number of hydrogen-bond donors (Lipinski definition) is 0. The molecular formula is C59H40N4. The number of para-hydroxylation sites is 4. The van der Waals surface area contributed by atoms with E-state index in [1.807, 2.05) is 0 Å². The summed E-state index contributed by atoms with van der Waals surface area (Å²) in [5, 5.41) is 5.79. The van der Waals surface area contributed by atoms with Crippen LogP contribution in [0.5, 0.6) is 0 Å². The number of fused-ring (bicyclic) bond motifs is 10. The Morgan fingerprint density at radius 3 is 1.79 bits per heavy atom. The predicted molar refractivity (Wildman–Crippen MR) is 262 cm³/mol. The van der Waals surface area contributed by atoms with Crippen molar-refractivity contribution in [2.24, 2.45) is 0 Å². The van der Waals surface area contributed by atoms with Crippen molar-refractivity contribution in [3.8, 4) is 56.3 Å². The van der Waals surface area contributed by atoms with Gasteiger partial charge in [0.1, 0.15) is 0 Å². The molecule has 0 radical (unpaired) electrons. The zero-order valence-corrected chi connectivity index (χ0v) is 34.9. The van der Waals surface area contributed by atoms with Gasteiger partial charge in [-0.25, -0.2) is 9.97 Å². The van der Waals surface area contributed by atoms with E-state index in [1.54, 1.807) is 0 Å². The van der Waals surface area contributed by atoms with Gasteiger partial charge in [-0.05, 0) is 87.5 Å². The zero-order valence-electron chi connectivity index (χ0n) is 34.9. The van der Waals surface area contributed by atoms with E-state index >= 15 is 0 Å². The molecule has 0 unspecified atom stereocenters. The number of benzene rings is 9. The van der Waals surface area contributed by atoms with E-state index < -0.39 is 0 Å². The zero-order chi connectivity index (χ0) is 41.8. The van der Waals surface area contributed by atoms with Gasteiger partial charge in [0.2, 0.25) is 5.95 Å². The van der Waals surface area contributed by atoms with Gasteiger partial charge >= 0.3 is 0 Å². The van der Waals surface area contributed by atoms with Crippen molar-refractivity contribution in [3.63, 3.8) is 0 Å². The molecule has 1 aliphatic rings. The topological polar surface area (TPSA) is 35.6 Å². The highest BCUT2D eigenvalue weighted by atomic mass is 15.2. The molecule has 3 heterocycles. The molecule has 13 rings (SSSR count). The van der Waals surface area contributed by atoms with E-state index in [-0.39, 0.29) is 5.41 Å². The lowest BCUT2D eigenvalue weighted by atomic mass is 9.82. The molecule has 3 aromatic heterocycles. The lowest BCUT2D eigenvalue weighted by molar-refractivity contribution is 0.660. The fraction of sp³-hybridized carbons (Fsp3) is 0.0508. The SMILES string of the molecule is CC1(C)c2ccccc2-c2cc(-c3cccc(-c4cccc5c6cc(-n7c8ccccc8c8ccccc87)ccc6n(-c6nc(-c7ccccc7)c7ccccc7n6)c45)c3)ccc21. The van der Waals surface area contributed by atoms with Crippen LogP contribution in [-0.4, -0.2) is 19.1 Å². The number of hydrogen-bond acceptors (Lipinski definition) is 2. The maximum atomic E-state index is 5.48. The van der Waals surface area contributed by atoms with Gasteiger partial charge in [0.15, 0.2) is 0 Å². The van der Waals surface area contributed by atoms with Gasteiger partial charge in [-0.1, -0.05) is 172 Å². The monoisotopic (exact) mass is 804 g/mol. The minimum absolute atomic E-state index is 0.0397. The molecule has 4 nitrogen and oxygen atoms in total. The average molecular weight is 805 g/mol. The van der Waals surface area contributed by atoms with Gasteiger partial charge < -0.3 is 4.57 Å². The van der Waals surface area contributed by atoms with Crippen LogP contribution in [0, 0.1) is 0 Å². The van der Waals surface area contributed by atoms with Crippen LogP contribution in [-0.2, 0) is 5.41 Å². The molecule has 0 amide bonds. The Kier molecular flexibility index (Phi) is 7.62. The van der Waals surface area contributed by atoms with Crippen molar-refractivity contribution in [1.82, 2.24) is 19.1 Å². The maximum absolute atomic E-state index is 5.48. The summed E-state index contributed by atoms with van der Waals surface area (Å²) in [6.07, 6.45) is 0. The summed E-state index contributed by atoms with van der Waals surface area (Å²) in [6.45, 7) is 4.68. The summed E-state index contributed by atoms with van der Waals surface area (Å²) in [5.74, 6) is 0.640. The number of aromatic nitrogens is 4. The first-order valence-corrected chi connectivity index (χ1v) is 21.7. The van der Waals surface area contributed by atoms with Crippen LogP contribution in [0.4, 0.5) is 0 Å². The molecule has 4 heteroatoms. The quantitative estimate of drug-likeness (QED) is 0.174. The van der Waals surface area contributed by atoms with E-state index in [0.717, 1.165) is 60.8 Å². The molecule has 0 saturated carbocycles. The van der Waals surface area contributed by atoms with Crippen molar-refractivity contribution in [3.05, 3.63) is 217 Å². The highest BCUT2D eigenvalue weighted by molar-refractivity contribution is 6.15. The number of nitrogens with zero attached hydrogens (tertiary/aromatic N) is 4. The Morgan fingerprint density at radius 2 is 0.968 bits per heavy atom. The fourth-order valence-electron chi connectivity index (χ4n) is 10.6. The first-order chi connectivity index (χ1) is 31.0. The maximum Gasteiger partial charge on any atom is 0.235 e. The molecule has 9 aromatic carbocycles. The Morgan fingerprint density at radius 1 is 0.365 bits per heavy atom. The van der Waals surface area contributed by atoms with E-state index in [4.69, 9.17) is 9.97 Å². The smallest absolute Gasteiger partial charge is 0.235 e. The molecule has 0 spiro atoms. The summed E-state index contributed by atoms with van der Waals surface area (Å²) in [4.78, 5) is 10.8. The first kappa shape index (κ1) is 35.7. The van der Waals surface area contributed by atoms with Gasteiger partial charge in [0.05, 0.1) is 33.3 Å². The Bertz CT molecular complexity index is 3780. The second kappa shape index (κ2) is 13.5. The molecule has 296 valence electrons. The standard InChI is InChI=1S/C59H40N4/c1-59(2)50-26-10-6-20-43(50)48-35-39(30-32-51(48)59)38-18-14-19-40(34-38)42-24-15-25-46-49-36-41(62-53-28-12-8-21-44(53)45-22-9-13-29-54(45)62)31-33-55(49)63(57(42)46)58-60-52-27-11-7-23-47(52)56(61-58)37-16-4-3-5-17-37/h3-36H,1-2H3. The van der Waals surface area contributed by atoms with Gasteiger partial charge in [-0.2, -0.15) is 0 Å². The van der Waals surface area contributed by atoms with Crippen molar-refractivity contribution in [2.75, 3.05) is 0 Å². The molecule has 0 N–H and O–H groups in total. The van der Waals surface area contributed by atoms with Crippen LogP contribution >= 0.6 is 0 Å². The van der Waals surface area contributed by atoms with Gasteiger partial charge in [0, 0.05) is 49.2 Å². The van der Waals surface area contributed by atoms with Crippen LogP contribution in [0.2, 0.25) is 0 Å². The largest absolute Gasteiger partial charge is 0.309 e. The van der Waals surface area contributed by atoms with Crippen molar-refractivity contribution in [1.29, 1.82) is 0 Å². The summed E-state index contributed by atoms with van der Waals surface area (Å²) >= 11 is 0. The normalized spacial score (nSPS) is 13.0. The van der Waals surface area contributed by atoms with Crippen molar-refractivity contribution < 1.29 is 0 Å². The third-order valence-corrected chi connectivity index (χ3v) is 13.5. The van der Waals surface area contributed by atoms with E-state index in [2.05, 4.69) is 229 Å². The summed E-state index contributed by atoms with van der Waals surface area (Å²) in [5.41, 5.74) is 18.5. The molecule has 63 heavy (non-hydrogen) atoms. The van der Waals surface area contributed by atoms with Crippen molar-refractivity contribution >= 4 is 54.5 Å². The molecule has 1 aliphatic carbocycles. The van der Waals surface area contributed by atoms with Gasteiger partial charge in [-0.15, -0.1) is 0 Å². The molecule has 0 fully saturated rings. The highest BCUT2D eigenvalue weighted by Crippen LogP contribution is 2.50. The summed E-state index contributed by atoms with van der Waals surface area (Å²) in [7, 11) is 0. The Balaban J connectivity index is 1.07. The Labute approximate surface area is 365 Å². The molecule has 0 saturated heterocycles. The molecule has 12 aromatic rings. The predicted octanol–water partition coefficient (Wildman–Crippen LogP) is 15.1. The first-order valence-electron chi connectivity index (χ1n) is 21.7. The second-order valence-electron chi connectivity index (χ2n) is 17.4. The molecule has 0 aliphatic heterocycles. The van der Waals surface area contributed by atoms with E-state index in [0.29, 0.717) is 5.95 Å². The molecule has 0 bridgehead atoms. The van der Waals surface area contributed by atoms with Crippen LogP contribution in [0.1, 0.15) is 25.0 Å². The third kappa shape index (κ3) is 5.28. The third-order valence-electron chi connectivity index (χ3n) is 13.5. The van der Waals surface area contributed by atoms with E-state index in [1.165, 1.54) is 55.2 Å². The van der Waals surface area contributed by atoms with Crippen LogP contribution < -0.4 is 0 Å². The van der Waals surface area contributed by atoms with E-state index in [9.17, 15) is 0 Å². The second-order valence-corrected chi connectivity index (χ2v) is 17.4. The molecular weight excluding hydrogens is 765 g/mol. The van der Waals surface area contributed by atoms with Gasteiger partial charge in [0.25, 0.3) is 0 Å². The lowest BCUT2D eigenvalue weighted by Crippen LogP contribution is -2.14. The van der Waals surface area contributed by atoms with Gasteiger partial charge in [-0.3, -0.25) is 4.57 Å². The fourth-order valence-corrected chi connectivity index (χ4v) is 10.6. The minimum Gasteiger partial charge on any atom is -0.309 e. The van der Waals surface area contributed by atoms with Crippen LogP contribution in [0.25, 0.3) is 111 Å². The average Bonchev–Trinajstić information content (AvgIpc) is 3.94. The minimum atomic E-state index is -0.0397. The van der Waals surface area contributed by atoms with Crippen LogP contribution in [0.15, 0.2) is 206 Å². The lowest BCUT2D eigenvalue weighted by Gasteiger charge is -2.21. The van der Waals surface area contributed by atoms with Crippen LogP contribution in [0.3, 0.4) is 0 Å². The highest BCUT2D eigenvalue weighted by Gasteiger charge is 2.35.